The molecule has 1 heterocycles. The lowest BCUT2D eigenvalue weighted by atomic mass is 10.2. The Kier molecular flexibility index (Phi) is 4.77. The molecule has 2 aromatic rings. The summed E-state index contributed by atoms with van der Waals surface area (Å²) in [5.74, 6) is -0.433. The van der Waals surface area contributed by atoms with Gasteiger partial charge in [0.25, 0.3) is 11.6 Å². The average Bonchev–Trinajstić information content (AvgIpc) is 2.60. The van der Waals surface area contributed by atoms with Crippen molar-refractivity contribution in [3.63, 3.8) is 0 Å². The number of carbonyl (C=O) groups is 2. The van der Waals surface area contributed by atoms with Gasteiger partial charge in [0.15, 0.2) is 6.10 Å². The van der Waals surface area contributed by atoms with Crippen molar-refractivity contribution in [2.45, 2.75) is 13.0 Å². The number of ether oxygens (including phenoxy) is 1. The summed E-state index contributed by atoms with van der Waals surface area (Å²) in [6.45, 7) is 1.31. The molecule has 1 unspecified atom stereocenters. The third-order valence-corrected chi connectivity index (χ3v) is 4.01. The predicted molar refractivity (Wildman–Crippen MR) is 95.6 cm³/mol. The Morgan fingerprint density at radius 2 is 2.12 bits per heavy atom. The van der Waals surface area contributed by atoms with Crippen molar-refractivity contribution in [1.29, 1.82) is 0 Å². The lowest BCUT2D eigenvalue weighted by Crippen LogP contribution is -2.47. The van der Waals surface area contributed by atoms with Gasteiger partial charge in [0.2, 0.25) is 5.91 Å². The van der Waals surface area contributed by atoms with E-state index in [9.17, 15) is 19.7 Å². The Bertz CT molecular complexity index is 902. The number of non-ortho nitro benzene ring substituents is 1. The van der Waals surface area contributed by atoms with Gasteiger partial charge >= 0.3 is 0 Å². The number of halogens is 1. The van der Waals surface area contributed by atoms with E-state index in [1.54, 1.807) is 25.1 Å². The van der Waals surface area contributed by atoms with Crippen LogP contribution in [0.2, 0.25) is 5.02 Å². The number of hydrogen-bond donors (Lipinski definition) is 1. The fourth-order valence-electron chi connectivity index (χ4n) is 2.58. The number of nitrogens with zero attached hydrogens (tertiary/aromatic N) is 2. The van der Waals surface area contributed by atoms with Crippen molar-refractivity contribution < 1.29 is 19.2 Å². The van der Waals surface area contributed by atoms with E-state index in [1.807, 2.05) is 0 Å². The van der Waals surface area contributed by atoms with E-state index in [-0.39, 0.29) is 23.8 Å². The molecule has 1 atom stereocenters. The van der Waals surface area contributed by atoms with Crippen molar-refractivity contribution in [3.05, 3.63) is 57.6 Å². The number of rotatable bonds is 4. The summed E-state index contributed by atoms with van der Waals surface area (Å²) in [4.78, 5) is 36.3. The molecule has 0 fully saturated rings. The van der Waals surface area contributed by atoms with E-state index >= 15 is 0 Å². The zero-order chi connectivity index (χ0) is 18.8. The van der Waals surface area contributed by atoms with Crippen LogP contribution in [0.1, 0.15) is 6.92 Å². The number of nitro benzene ring substituents is 1. The second kappa shape index (κ2) is 7.01. The van der Waals surface area contributed by atoms with Crippen LogP contribution in [-0.4, -0.2) is 29.4 Å². The van der Waals surface area contributed by atoms with E-state index < -0.39 is 16.9 Å². The average molecular weight is 376 g/mol. The zero-order valence-electron chi connectivity index (χ0n) is 13.6. The topological polar surface area (TPSA) is 102 Å². The Morgan fingerprint density at radius 1 is 1.35 bits per heavy atom. The van der Waals surface area contributed by atoms with Crippen LogP contribution >= 0.6 is 11.6 Å². The molecule has 134 valence electrons. The van der Waals surface area contributed by atoms with Gasteiger partial charge in [-0.1, -0.05) is 17.7 Å². The Balaban J connectivity index is 1.80. The number of hydrogen-bond acceptors (Lipinski definition) is 5. The molecule has 3 rings (SSSR count). The van der Waals surface area contributed by atoms with Crippen LogP contribution in [0.5, 0.6) is 5.75 Å². The smallest absolute Gasteiger partial charge is 0.271 e. The van der Waals surface area contributed by atoms with Crippen LogP contribution in [0.3, 0.4) is 0 Å². The number of nitrogens with one attached hydrogen (secondary N) is 1. The molecule has 0 aliphatic carbocycles. The lowest BCUT2D eigenvalue weighted by Gasteiger charge is -2.32. The van der Waals surface area contributed by atoms with E-state index in [1.165, 1.54) is 29.2 Å². The second-order valence-electron chi connectivity index (χ2n) is 5.65. The van der Waals surface area contributed by atoms with Crippen LogP contribution in [0, 0.1) is 10.1 Å². The highest BCUT2D eigenvalue weighted by Gasteiger charge is 2.33. The SMILES string of the molecule is CC1Oc2ccc(Cl)cc2N(CC(=O)Nc2cccc([N+](=O)[O-])c2)C1=O. The van der Waals surface area contributed by atoms with Gasteiger partial charge in [0.05, 0.1) is 10.6 Å². The van der Waals surface area contributed by atoms with Crippen LogP contribution in [0.4, 0.5) is 17.1 Å². The summed E-state index contributed by atoms with van der Waals surface area (Å²) >= 11 is 5.98. The maximum Gasteiger partial charge on any atom is 0.271 e. The standard InChI is InChI=1S/C17H14ClN3O5/c1-10-17(23)20(14-7-11(18)5-6-15(14)26-10)9-16(22)19-12-3-2-4-13(8-12)21(24)25/h2-8,10H,9H2,1H3,(H,19,22). The van der Waals surface area contributed by atoms with Gasteiger partial charge in [-0.15, -0.1) is 0 Å². The van der Waals surface area contributed by atoms with Crippen LogP contribution in [-0.2, 0) is 9.59 Å². The summed E-state index contributed by atoms with van der Waals surface area (Å²) in [5, 5.41) is 13.8. The highest BCUT2D eigenvalue weighted by atomic mass is 35.5. The van der Waals surface area contributed by atoms with Gasteiger partial charge in [0.1, 0.15) is 12.3 Å². The predicted octanol–water partition coefficient (Wildman–Crippen LogP) is 3.00. The number of nitro groups is 1. The first-order chi connectivity index (χ1) is 12.3. The lowest BCUT2D eigenvalue weighted by molar-refractivity contribution is -0.384. The molecule has 26 heavy (non-hydrogen) atoms. The zero-order valence-corrected chi connectivity index (χ0v) is 14.4. The Hall–Kier alpha value is -3.13. The van der Waals surface area contributed by atoms with Crippen molar-refractivity contribution >= 4 is 40.5 Å². The van der Waals surface area contributed by atoms with E-state index in [0.717, 1.165) is 0 Å². The first-order valence-electron chi connectivity index (χ1n) is 7.67. The molecule has 0 aromatic heterocycles. The molecule has 0 saturated heterocycles. The highest BCUT2D eigenvalue weighted by molar-refractivity contribution is 6.31. The van der Waals surface area contributed by atoms with Crippen LogP contribution in [0.25, 0.3) is 0 Å². The van der Waals surface area contributed by atoms with Crippen LogP contribution in [0.15, 0.2) is 42.5 Å². The second-order valence-corrected chi connectivity index (χ2v) is 6.09. The maximum atomic E-state index is 12.4. The molecule has 8 nitrogen and oxygen atoms in total. The van der Waals surface area contributed by atoms with Crippen molar-refractivity contribution in [3.8, 4) is 5.75 Å². The third-order valence-electron chi connectivity index (χ3n) is 3.77. The van der Waals surface area contributed by atoms with Gasteiger partial charge in [-0.3, -0.25) is 24.6 Å². The summed E-state index contributed by atoms with van der Waals surface area (Å²) in [5.41, 5.74) is 0.523. The number of amides is 2. The number of anilines is 2. The first kappa shape index (κ1) is 17.7. The normalized spacial score (nSPS) is 15.8. The van der Waals surface area contributed by atoms with Gasteiger partial charge in [-0.25, -0.2) is 0 Å². The van der Waals surface area contributed by atoms with Gasteiger partial charge in [-0.05, 0) is 31.2 Å². The fraction of sp³-hybridized carbons (Fsp3) is 0.176. The number of carbonyl (C=O) groups excluding carboxylic acids is 2. The fourth-order valence-corrected chi connectivity index (χ4v) is 2.75. The molecule has 0 spiro atoms. The molecule has 0 radical (unpaired) electrons. The molecular formula is C17H14ClN3O5. The minimum absolute atomic E-state index is 0.143. The monoisotopic (exact) mass is 375 g/mol. The first-order valence-corrected chi connectivity index (χ1v) is 8.05. The Morgan fingerprint density at radius 3 is 2.85 bits per heavy atom. The summed E-state index contributed by atoms with van der Waals surface area (Å²) in [6.07, 6.45) is -0.741. The Labute approximate surface area is 153 Å². The summed E-state index contributed by atoms with van der Waals surface area (Å²) in [6, 6.07) is 10.4. The molecule has 2 aromatic carbocycles. The summed E-state index contributed by atoms with van der Waals surface area (Å²) < 4.78 is 5.51. The number of fused-ring (bicyclic) bond motifs is 1. The molecular weight excluding hydrogens is 362 g/mol. The largest absolute Gasteiger partial charge is 0.479 e. The van der Waals surface area contributed by atoms with Crippen molar-refractivity contribution in [1.82, 2.24) is 0 Å². The van der Waals surface area contributed by atoms with E-state index in [4.69, 9.17) is 16.3 Å². The molecule has 9 heteroatoms. The molecule has 1 aliphatic rings. The molecule has 1 N–H and O–H groups in total. The summed E-state index contributed by atoms with van der Waals surface area (Å²) in [7, 11) is 0. The van der Waals surface area contributed by atoms with Crippen molar-refractivity contribution in [2.75, 3.05) is 16.8 Å². The highest BCUT2D eigenvalue weighted by Crippen LogP contribution is 2.36. The third kappa shape index (κ3) is 3.60. The molecule has 0 saturated carbocycles. The van der Waals surface area contributed by atoms with E-state index in [0.29, 0.717) is 16.5 Å². The van der Waals surface area contributed by atoms with Gasteiger partial charge in [0, 0.05) is 22.8 Å². The van der Waals surface area contributed by atoms with E-state index in [2.05, 4.69) is 5.32 Å². The van der Waals surface area contributed by atoms with Gasteiger partial charge < -0.3 is 10.1 Å². The van der Waals surface area contributed by atoms with Crippen molar-refractivity contribution in [2.24, 2.45) is 0 Å². The quantitative estimate of drug-likeness (QED) is 0.653. The van der Waals surface area contributed by atoms with Crippen LogP contribution < -0.4 is 15.0 Å². The maximum absolute atomic E-state index is 12.4. The number of benzene rings is 2. The molecule has 2 amide bonds. The molecule has 1 aliphatic heterocycles. The molecule has 0 bridgehead atoms. The minimum atomic E-state index is -0.741. The van der Waals surface area contributed by atoms with Gasteiger partial charge in [-0.2, -0.15) is 0 Å². The minimum Gasteiger partial charge on any atom is -0.479 e.